The molecular weight excluding hydrogens is 374 g/mol. The largest absolute Gasteiger partial charge is 0.493 e. The lowest BCUT2D eigenvalue weighted by Crippen LogP contribution is -2.16. The molecule has 0 amide bonds. The van der Waals surface area contributed by atoms with Crippen LogP contribution in [0, 0.1) is 13.8 Å². The van der Waals surface area contributed by atoms with E-state index in [0.29, 0.717) is 11.3 Å². The van der Waals surface area contributed by atoms with E-state index in [2.05, 4.69) is 15.9 Å². The summed E-state index contributed by atoms with van der Waals surface area (Å²) >= 11 is 3.35. The van der Waals surface area contributed by atoms with Crippen molar-refractivity contribution in [1.29, 1.82) is 0 Å². The number of hydrogen-bond acceptors (Lipinski definition) is 4. The van der Waals surface area contributed by atoms with Crippen LogP contribution in [-0.4, -0.2) is 29.5 Å². The number of aromatic nitrogens is 1. The summed E-state index contributed by atoms with van der Waals surface area (Å²) in [5, 5.41) is 0. The number of esters is 1. The number of hydrogen-bond donors (Lipinski definition) is 0. The van der Waals surface area contributed by atoms with Gasteiger partial charge in [0, 0.05) is 28.5 Å². The Labute approximate surface area is 149 Å². The number of Topliss-reactive ketones (excluding diaryl/α,β-unsaturated/α-hetero) is 1. The van der Waals surface area contributed by atoms with Crippen molar-refractivity contribution in [3.8, 4) is 5.75 Å². The maximum Gasteiger partial charge on any atom is 0.309 e. The number of benzene rings is 1. The third-order valence-corrected chi connectivity index (χ3v) is 4.30. The van der Waals surface area contributed by atoms with Crippen LogP contribution in [0.5, 0.6) is 5.75 Å². The molecule has 1 aromatic heterocycles. The van der Waals surface area contributed by atoms with Crippen LogP contribution in [0.1, 0.15) is 28.2 Å². The van der Waals surface area contributed by atoms with Crippen LogP contribution in [0.15, 0.2) is 34.8 Å². The Bertz CT molecular complexity index is 751. The molecule has 0 aliphatic carbocycles. The van der Waals surface area contributed by atoms with Gasteiger partial charge in [-0.25, -0.2) is 0 Å². The minimum absolute atomic E-state index is 0.0899. The Hall–Kier alpha value is -2.08. The molecule has 0 saturated carbocycles. The van der Waals surface area contributed by atoms with Crippen LogP contribution >= 0.6 is 15.9 Å². The molecule has 1 heterocycles. The second kappa shape index (κ2) is 8.15. The summed E-state index contributed by atoms with van der Waals surface area (Å²) in [4.78, 5) is 23.9. The Morgan fingerprint density at radius 1 is 1.21 bits per heavy atom. The zero-order valence-corrected chi connectivity index (χ0v) is 15.6. The highest BCUT2D eigenvalue weighted by molar-refractivity contribution is 9.10. The summed E-state index contributed by atoms with van der Waals surface area (Å²) in [5.41, 5.74) is 2.45. The van der Waals surface area contributed by atoms with Crippen LogP contribution in [0.25, 0.3) is 0 Å². The first-order valence-corrected chi connectivity index (χ1v) is 8.38. The van der Waals surface area contributed by atoms with Gasteiger partial charge in [-0.3, -0.25) is 9.59 Å². The fourth-order valence-electron chi connectivity index (χ4n) is 2.24. The topological polar surface area (TPSA) is 57.5 Å². The van der Waals surface area contributed by atoms with Gasteiger partial charge in [-0.1, -0.05) is 22.0 Å². The fraction of sp³-hybridized carbons (Fsp3) is 0.333. The van der Waals surface area contributed by atoms with Crippen LogP contribution in [0.2, 0.25) is 0 Å². The molecule has 128 valence electrons. The van der Waals surface area contributed by atoms with Crippen molar-refractivity contribution in [3.05, 3.63) is 51.8 Å². The smallest absolute Gasteiger partial charge is 0.309 e. The average molecular weight is 394 g/mol. The molecule has 2 rings (SSSR count). The molecule has 2 aromatic rings. The molecule has 0 saturated heterocycles. The molecule has 0 radical (unpaired) electrons. The number of ketones is 1. The second-order valence-electron chi connectivity index (χ2n) is 5.48. The van der Waals surface area contributed by atoms with Crippen molar-refractivity contribution in [2.45, 2.75) is 20.3 Å². The first kappa shape index (κ1) is 18.3. The maximum atomic E-state index is 12.1. The Kier molecular flexibility index (Phi) is 6.20. The fourth-order valence-corrected chi connectivity index (χ4v) is 2.62. The number of carbonyl (C=O) groups excluding carboxylic acids is 2. The first-order valence-electron chi connectivity index (χ1n) is 7.58. The number of rotatable bonds is 7. The second-order valence-corrected chi connectivity index (χ2v) is 6.40. The van der Waals surface area contributed by atoms with Crippen molar-refractivity contribution < 1.29 is 19.1 Å². The highest BCUT2D eigenvalue weighted by Gasteiger charge is 2.16. The lowest BCUT2D eigenvalue weighted by molar-refractivity contribution is -0.143. The molecule has 0 aliphatic heterocycles. The Morgan fingerprint density at radius 3 is 2.58 bits per heavy atom. The molecule has 5 nitrogen and oxygen atoms in total. The van der Waals surface area contributed by atoms with Gasteiger partial charge >= 0.3 is 5.97 Å². The average Bonchev–Trinajstić information content (AvgIpc) is 2.80. The van der Waals surface area contributed by atoms with Crippen molar-refractivity contribution in [1.82, 2.24) is 4.57 Å². The summed E-state index contributed by atoms with van der Waals surface area (Å²) in [6, 6.07) is 9.16. The van der Waals surface area contributed by atoms with Gasteiger partial charge in [0.15, 0.2) is 6.61 Å². The van der Waals surface area contributed by atoms with E-state index in [1.807, 2.05) is 49.7 Å². The van der Waals surface area contributed by atoms with Gasteiger partial charge in [0.05, 0.1) is 13.0 Å². The normalized spacial score (nSPS) is 10.5. The van der Waals surface area contributed by atoms with E-state index in [1.54, 1.807) is 6.07 Å². The summed E-state index contributed by atoms with van der Waals surface area (Å²) in [6.45, 7) is 3.75. The predicted octanol–water partition coefficient (Wildman–Crippen LogP) is 3.60. The van der Waals surface area contributed by atoms with Crippen molar-refractivity contribution in [2.24, 2.45) is 7.05 Å². The van der Waals surface area contributed by atoms with Gasteiger partial charge < -0.3 is 14.0 Å². The molecule has 24 heavy (non-hydrogen) atoms. The van der Waals surface area contributed by atoms with E-state index in [1.165, 1.54) is 0 Å². The molecule has 0 spiro atoms. The van der Waals surface area contributed by atoms with E-state index >= 15 is 0 Å². The van der Waals surface area contributed by atoms with Gasteiger partial charge in [0.1, 0.15) is 5.75 Å². The van der Waals surface area contributed by atoms with Crippen LogP contribution in [0.3, 0.4) is 0 Å². The third kappa shape index (κ3) is 4.71. The summed E-state index contributed by atoms with van der Waals surface area (Å²) in [6.07, 6.45) is 0.0899. The number of ether oxygens (including phenoxy) is 2. The van der Waals surface area contributed by atoms with Crippen molar-refractivity contribution in [2.75, 3.05) is 13.2 Å². The lowest BCUT2D eigenvalue weighted by Gasteiger charge is -2.07. The van der Waals surface area contributed by atoms with E-state index in [0.717, 1.165) is 15.9 Å². The van der Waals surface area contributed by atoms with Gasteiger partial charge in [-0.05, 0) is 38.1 Å². The van der Waals surface area contributed by atoms with E-state index < -0.39 is 5.97 Å². The number of halogens is 1. The maximum absolute atomic E-state index is 12.1. The van der Waals surface area contributed by atoms with E-state index in [4.69, 9.17) is 9.47 Å². The Balaban J connectivity index is 1.76. The first-order chi connectivity index (χ1) is 11.4. The SMILES string of the molecule is Cc1cc(C(=O)COC(=O)CCOc2cccc(Br)c2)c(C)n1C. The highest BCUT2D eigenvalue weighted by atomic mass is 79.9. The molecule has 0 aliphatic rings. The van der Waals surface area contributed by atoms with Crippen LogP contribution < -0.4 is 4.74 Å². The van der Waals surface area contributed by atoms with Crippen LogP contribution in [0.4, 0.5) is 0 Å². The molecular formula is C18H20BrNO4. The molecule has 0 atom stereocenters. The van der Waals surface area contributed by atoms with Crippen LogP contribution in [-0.2, 0) is 16.6 Å². The third-order valence-electron chi connectivity index (χ3n) is 3.81. The summed E-state index contributed by atoms with van der Waals surface area (Å²) in [5.74, 6) is 0.0183. The predicted molar refractivity (Wildman–Crippen MR) is 94.4 cm³/mol. The highest BCUT2D eigenvalue weighted by Crippen LogP contribution is 2.18. The monoisotopic (exact) mass is 393 g/mol. The van der Waals surface area contributed by atoms with Gasteiger partial charge in [0.2, 0.25) is 5.78 Å². The zero-order valence-electron chi connectivity index (χ0n) is 14.0. The number of nitrogens with zero attached hydrogens (tertiary/aromatic N) is 1. The standard InChI is InChI=1S/C18H20BrNO4/c1-12-9-16(13(2)20(12)3)17(21)11-24-18(22)7-8-23-15-6-4-5-14(19)10-15/h4-6,9-10H,7-8,11H2,1-3H3. The molecule has 0 N–H and O–H groups in total. The van der Waals surface area contributed by atoms with Crippen molar-refractivity contribution in [3.63, 3.8) is 0 Å². The molecule has 0 fully saturated rings. The molecule has 6 heteroatoms. The quantitative estimate of drug-likeness (QED) is 0.532. The lowest BCUT2D eigenvalue weighted by atomic mass is 10.1. The molecule has 1 aromatic carbocycles. The van der Waals surface area contributed by atoms with Crippen molar-refractivity contribution >= 4 is 27.7 Å². The minimum Gasteiger partial charge on any atom is -0.493 e. The number of carbonyl (C=O) groups is 2. The van der Waals surface area contributed by atoms with Gasteiger partial charge in [0.25, 0.3) is 0 Å². The minimum atomic E-state index is -0.455. The summed E-state index contributed by atoms with van der Waals surface area (Å²) < 4.78 is 13.3. The zero-order chi connectivity index (χ0) is 17.7. The molecule has 0 unspecified atom stereocenters. The van der Waals surface area contributed by atoms with E-state index in [-0.39, 0.29) is 25.4 Å². The summed E-state index contributed by atoms with van der Waals surface area (Å²) in [7, 11) is 1.90. The number of aryl methyl sites for hydroxylation is 1. The van der Waals surface area contributed by atoms with Gasteiger partial charge in [-0.2, -0.15) is 0 Å². The molecule has 0 bridgehead atoms. The Morgan fingerprint density at radius 2 is 1.96 bits per heavy atom. The van der Waals surface area contributed by atoms with E-state index in [9.17, 15) is 9.59 Å². The van der Waals surface area contributed by atoms with Gasteiger partial charge in [-0.15, -0.1) is 0 Å².